The number of hydrogen-bond acceptors (Lipinski definition) is 2. The molecule has 0 aromatic heterocycles. The van der Waals surface area contributed by atoms with Crippen LogP contribution in [0.2, 0.25) is 0 Å². The molecule has 3 heteroatoms. The number of halogens is 1. The fourth-order valence-electron chi connectivity index (χ4n) is 0.306. The third kappa shape index (κ3) is 2.45. The zero-order valence-corrected chi connectivity index (χ0v) is 7.58. The van der Waals surface area contributed by atoms with Gasteiger partial charge >= 0.3 is 0 Å². The van der Waals surface area contributed by atoms with Crippen LogP contribution in [0.4, 0.5) is 0 Å². The van der Waals surface area contributed by atoms with Gasteiger partial charge in [-0.1, -0.05) is 15.9 Å². The third-order valence-electron chi connectivity index (χ3n) is 1.44. The van der Waals surface area contributed by atoms with E-state index in [9.17, 15) is 4.79 Å². The summed E-state index contributed by atoms with van der Waals surface area (Å²) in [5.74, 6) is 0.171. The van der Waals surface area contributed by atoms with E-state index >= 15 is 0 Å². The summed E-state index contributed by atoms with van der Waals surface area (Å²) in [6.45, 7) is 3.72. The number of nitrogens with one attached hydrogen (secondary N) is 1. The molecule has 0 unspecified atom stereocenters. The molecule has 0 aromatic carbocycles. The maximum absolute atomic E-state index is 11.0. The Bertz CT molecular complexity index is 112. The van der Waals surface area contributed by atoms with Crippen molar-refractivity contribution in [1.29, 1.82) is 0 Å². The summed E-state index contributed by atoms with van der Waals surface area (Å²) >= 11 is 3.10. The van der Waals surface area contributed by atoms with Gasteiger partial charge in [0.1, 0.15) is 0 Å². The predicted molar refractivity (Wildman–Crippen MR) is 41.9 cm³/mol. The largest absolute Gasteiger partial charge is 0.308 e. The summed E-state index contributed by atoms with van der Waals surface area (Å²) in [4.78, 5) is 11.0. The molecule has 0 radical (unpaired) electrons. The van der Waals surface area contributed by atoms with Crippen LogP contribution >= 0.6 is 15.9 Å². The van der Waals surface area contributed by atoms with Crippen molar-refractivity contribution in [2.24, 2.45) is 0 Å². The predicted octanol–water partition coefficient (Wildman–Crippen LogP) is 0.948. The first kappa shape index (κ1) is 9.11. The second-order valence-electron chi connectivity index (χ2n) is 2.43. The van der Waals surface area contributed by atoms with Crippen LogP contribution in [0.15, 0.2) is 0 Å². The summed E-state index contributed by atoms with van der Waals surface area (Å²) in [5.41, 5.74) is -0.385. The molecule has 2 nitrogen and oxygen atoms in total. The summed E-state index contributed by atoms with van der Waals surface area (Å²) < 4.78 is 0. The maximum atomic E-state index is 11.0. The molecule has 0 heterocycles. The Balaban J connectivity index is 3.97. The number of alkyl halides is 1. The monoisotopic (exact) mass is 193 g/mol. The topological polar surface area (TPSA) is 29.1 Å². The molecular formula is C6H12BrNO. The highest BCUT2D eigenvalue weighted by Crippen LogP contribution is 2.03. The fourth-order valence-corrected chi connectivity index (χ4v) is 1.01. The van der Waals surface area contributed by atoms with Crippen LogP contribution in [-0.4, -0.2) is 23.7 Å². The zero-order chi connectivity index (χ0) is 7.49. The number of carbonyl (C=O) groups is 1. The molecule has 0 saturated carbocycles. The van der Waals surface area contributed by atoms with Crippen molar-refractivity contribution >= 4 is 21.7 Å². The van der Waals surface area contributed by atoms with Crippen molar-refractivity contribution in [3.63, 3.8) is 0 Å². The minimum atomic E-state index is -0.385. The van der Waals surface area contributed by atoms with Gasteiger partial charge in [0.2, 0.25) is 0 Å². The summed E-state index contributed by atoms with van der Waals surface area (Å²) in [6.07, 6.45) is 0. The van der Waals surface area contributed by atoms with Gasteiger partial charge in [-0.05, 0) is 20.9 Å². The van der Waals surface area contributed by atoms with E-state index in [2.05, 4.69) is 21.2 Å². The van der Waals surface area contributed by atoms with Crippen LogP contribution in [-0.2, 0) is 4.79 Å². The quantitative estimate of drug-likeness (QED) is 0.677. The Morgan fingerprint density at radius 1 is 1.67 bits per heavy atom. The minimum Gasteiger partial charge on any atom is -0.308 e. The van der Waals surface area contributed by atoms with Crippen molar-refractivity contribution < 1.29 is 4.79 Å². The fraction of sp³-hybridized carbons (Fsp3) is 0.833. The van der Waals surface area contributed by atoms with Crippen LogP contribution < -0.4 is 5.32 Å². The molecule has 0 aliphatic heterocycles. The Morgan fingerprint density at radius 3 is 2.22 bits per heavy atom. The zero-order valence-electron chi connectivity index (χ0n) is 5.99. The summed E-state index contributed by atoms with van der Waals surface area (Å²) in [6, 6.07) is 0. The third-order valence-corrected chi connectivity index (χ3v) is 1.95. The summed E-state index contributed by atoms with van der Waals surface area (Å²) in [5, 5.41) is 3.33. The molecule has 54 valence electrons. The van der Waals surface area contributed by atoms with Crippen molar-refractivity contribution in [3.8, 4) is 0 Å². The normalized spacial score (nSPS) is 11.6. The molecule has 0 atom stereocenters. The molecule has 0 amide bonds. The highest BCUT2D eigenvalue weighted by atomic mass is 79.9. The van der Waals surface area contributed by atoms with Crippen molar-refractivity contribution in [1.82, 2.24) is 5.32 Å². The maximum Gasteiger partial charge on any atom is 0.162 e. The van der Waals surface area contributed by atoms with Crippen LogP contribution in [0.5, 0.6) is 0 Å². The van der Waals surface area contributed by atoms with E-state index < -0.39 is 0 Å². The van der Waals surface area contributed by atoms with E-state index in [0.717, 1.165) is 0 Å². The number of Topliss-reactive ketones (excluding diaryl/α,β-unsaturated/α-hetero) is 1. The van der Waals surface area contributed by atoms with Crippen molar-refractivity contribution in [2.75, 3.05) is 12.4 Å². The average molecular weight is 194 g/mol. The van der Waals surface area contributed by atoms with E-state index in [1.807, 2.05) is 13.8 Å². The second kappa shape index (κ2) is 3.32. The van der Waals surface area contributed by atoms with Crippen LogP contribution in [0.25, 0.3) is 0 Å². The number of ketones is 1. The van der Waals surface area contributed by atoms with E-state index in [-0.39, 0.29) is 11.3 Å². The lowest BCUT2D eigenvalue weighted by atomic mass is 10.0. The van der Waals surface area contributed by atoms with Gasteiger partial charge in [-0.3, -0.25) is 4.79 Å². The Kier molecular flexibility index (Phi) is 3.36. The van der Waals surface area contributed by atoms with Gasteiger partial charge in [-0.2, -0.15) is 0 Å². The molecule has 0 bridgehead atoms. The van der Waals surface area contributed by atoms with Crippen LogP contribution in [0, 0.1) is 0 Å². The number of likely N-dealkylation sites (N-methyl/N-ethyl adjacent to an activating group) is 1. The number of hydrogen-bond donors (Lipinski definition) is 1. The molecule has 9 heavy (non-hydrogen) atoms. The molecule has 0 aliphatic rings. The van der Waals surface area contributed by atoms with Gasteiger partial charge in [-0.25, -0.2) is 0 Å². The highest BCUT2D eigenvalue weighted by Gasteiger charge is 2.22. The van der Waals surface area contributed by atoms with Gasteiger partial charge in [0.25, 0.3) is 0 Å². The lowest BCUT2D eigenvalue weighted by Crippen LogP contribution is -2.45. The smallest absolute Gasteiger partial charge is 0.162 e. The lowest BCUT2D eigenvalue weighted by Gasteiger charge is -2.20. The SMILES string of the molecule is CNC(C)(C)C(=O)CBr. The first-order valence-corrected chi connectivity index (χ1v) is 3.95. The van der Waals surface area contributed by atoms with Gasteiger partial charge in [0.05, 0.1) is 10.9 Å². The van der Waals surface area contributed by atoms with Crippen molar-refractivity contribution in [3.05, 3.63) is 0 Å². The highest BCUT2D eigenvalue weighted by molar-refractivity contribution is 9.09. The second-order valence-corrected chi connectivity index (χ2v) is 2.99. The minimum absolute atomic E-state index is 0.171. The molecule has 0 saturated heterocycles. The first-order chi connectivity index (χ1) is 4.04. The van der Waals surface area contributed by atoms with E-state index in [0.29, 0.717) is 5.33 Å². The van der Waals surface area contributed by atoms with Gasteiger partial charge in [0, 0.05) is 0 Å². The Morgan fingerprint density at radius 2 is 2.11 bits per heavy atom. The van der Waals surface area contributed by atoms with Gasteiger partial charge < -0.3 is 5.32 Å². The van der Waals surface area contributed by atoms with Crippen LogP contribution in [0.1, 0.15) is 13.8 Å². The summed E-state index contributed by atoms with van der Waals surface area (Å²) in [7, 11) is 1.78. The molecular weight excluding hydrogens is 182 g/mol. The number of carbonyl (C=O) groups excluding carboxylic acids is 1. The molecule has 0 spiro atoms. The number of rotatable bonds is 3. The van der Waals surface area contributed by atoms with Crippen LogP contribution in [0.3, 0.4) is 0 Å². The van der Waals surface area contributed by atoms with Gasteiger partial charge in [-0.15, -0.1) is 0 Å². The standard InChI is InChI=1S/C6H12BrNO/c1-6(2,8-3)5(9)4-7/h8H,4H2,1-3H3. The molecule has 1 N–H and O–H groups in total. The van der Waals surface area contributed by atoms with Crippen molar-refractivity contribution in [2.45, 2.75) is 19.4 Å². The molecule has 0 aromatic rings. The molecule has 0 rings (SSSR count). The molecule has 0 fully saturated rings. The van der Waals surface area contributed by atoms with E-state index in [1.165, 1.54) is 0 Å². The lowest BCUT2D eigenvalue weighted by molar-refractivity contribution is -0.121. The Labute approximate surface area is 64.1 Å². The average Bonchev–Trinajstić information content (AvgIpc) is 1.86. The van der Waals surface area contributed by atoms with E-state index in [4.69, 9.17) is 0 Å². The van der Waals surface area contributed by atoms with Gasteiger partial charge in [0.15, 0.2) is 5.78 Å². The molecule has 0 aliphatic carbocycles. The Hall–Kier alpha value is 0.110. The van der Waals surface area contributed by atoms with E-state index in [1.54, 1.807) is 7.05 Å². The first-order valence-electron chi connectivity index (χ1n) is 2.82.